The first kappa shape index (κ1) is 23.2. The number of likely N-dealkylation sites (N-methyl/N-ethyl adjacent to an activating group) is 1. The van der Waals surface area contributed by atoms with Gasteiger partial charge in [-0.05, 0) is 55.1 Å². The quantitative estimate of drug-likeness (QED) is 0.415. The molecule has 1 atom stereocenters. The third kappa shape index (κ3) is 4.45. The van der Waals surface area contributed by atoms with Gasteiger partial charge in [-0.3, -0.25) is 9.59 Å². The minimum Gasteiger partial charge on any atom is -0.503 e. The molecule has 1 unspecified atom stereocenters. The fourth-order valence-electron chi connectivity index (χ4n) is 4.16. The van der Waals surface area contributed by atoms with Crippen LogP contribution >= 0.6 is 15.9 Å². The van der Waals surface area contributed by atoms with Crippen LogP contribution < -0.4 is 0 Å². The number of carbonyl (C=O) groups excluding carboxylic acids is 2. The van der Waals surface area contributed by atoms with Crippen LogP contribution in [0.4, 0.5) is 4.39 Å². The van der Waals surface area contributed by atoms with Crippen molar-refractivity contribution in [2.75, 3.05) is 26.2 Å². The second-order valence-corrected chi connectivity index (χ2v) is 8.78. The lowest BCUT2D eigenvalue weighted by Crippen LogP contribution is -2.38. The molecule has 1 amide bonds. The van der Waals surface area contributed by atoms with Crippen LogP contribution in [0, 0.1) is 5.82 Å². The smallest absolute Gasteiger partial charge is 0.290 e. The van der Waals surface area contributed by atoms with E-state index in [0.29, 0.717) is 29.6 Å². The van der Waals surface area contributed by atoms with E-state index in [0.717, 1.165) is 17.6 Å². The van der Waals surface area contributed by atoms with Gasteiger partial charge < -0.3 is 19.3 Å². The van der Waals surface area contributed by atoms with Gasteiger partial charge in [0.15, 0.2) is 11.5 Å². The Morgan fingerprint density at radius 3 is 2.52 bits per heavy atom. The first-order chi connectivity index (χ1) is 15.8. The molecule has 1 N–H and O–H groups in total. The molecule has 0 spiro atoms. The second-order valence-electron chi connectivity index (χ2n) is 7.86. The molecule has 33 heavy (non-hydrogen) atoms. The molecule has 1 aliphatic heterocycles. The number of hydrogen-bond donors (Lipinski definition) is 1. The second kappa shape index (κ2) is 9.49. The maximum atomic E-state index is 13.6. The molecule has 2 aromatic carbocycles. The van der Waals surface area contributed by atoms with E-state index >= 15 is 0 Å². The van der Waals surface area contributed by atoms with Gasteiger partial charge in [-0.15, -0.1) is 0 Å². The molecule has 2 heterocycles. The van der Waals surface area contributed by atoms with Gasteiger partial charge in [0.25, 0.3) is 5.91 Å². The van der Waals surface area contributed by atoms with Gasteiger partial charge >= 0.3 is 0 Å². The number of aliphatic hydroxyl groups is 1. The Morgan fingerprint density at radius 1 is 1.15 bits per heavy atom. The van der Waals surface area contributed by atoms with E-state index in [4.69, 9.17) is 4.42 Å². The van der Waals surface area contributed by atoms with Crippen molar-refractivity contribution in [1.82, 2.24) is 9.80 Å². The number of fused-ring (bicyclic) bond motifs is 1. The van der Waals surface area contributed by atoms with Crippen LogP contribution in [0.3, 0.4) is 0 Å². The predicted octanol–water partition coefficient (Wildman–Crippen LogP) is 5.25. The Labute approximate surface area is 199 Å². The number of ketones is 1. The molecule has 3 aromatic rings. The van der Waals surface area contributed by atoms with E-state index in [-0.39, 0.29) is 11.3 Å². The summed E-state index contributed by atoms with van der Waals surface area (Å²) in [6.45, 7) is 6.54. The fourth-order valence-corrected chi connectivity index (χ4v) is 4.53. The highest BCUT2D eigenvalue weighted by Crippen LogP contribution is 2.39. The first-order valence-electron chi connectivity index (χ1n) is 10.8. The Kier molecular flexibility index (Phi) is 6.67. The monoisotopic (exact) mass is 514 g/mol. The minimum absolute atomic E-state index is 0.0233. The zero-order valence-electron chi connectivity index (χ0n) is 18.3. The summed E-state index contributed by atoms with van der Waals surface area (Å²) in [5, 5.41) is 11.5. The molecule has 172 valence electrons. The van der Waals surface area contributed by atoms with Crippen LogP contribution in [0.15, 0.2) is 68.8 Å². The van der Waals surface area contributed by atoms with Crippen molar-refractivity contribution in [3.05, 3.63) is 81.5 Å². The zero-order valence-corrected chi connectivity index (χ0v) is 19.9. The van der Waals surface area contributed by atoms with Gasteiger partial charge in [0.05, 0.1) is 11.6 Å². The first-order valence-corrected chi connectivity index (χ1v) is 11.6. The highest BCUT2D eigenvalue weighted by atomic mass is 79.9. The summed E-state index contributed by atoms with van der Waals surface area (Å²) in [6, 6.07) is 11.7. The number of furan rings is 1. The number of benzene rings is 2. The standard InChI is InChI=1S/C25H24BrFN2O4/c1-3-28(4-2)11-12-29-22(15-5-8-18(27)9-6-15)21(24(31)25(29)32)23(30)20-14-16-13-17(26)7-10-19(16)33-20/h5-10,13-14,22,31H,3-4,11-12H2,1-2H3. The van der Waals surface area contributed by atoms with Gasteiger partial charge in [0.2, 0.25) is 5.78 Å². The van der Waals surface area contributed by atoms with E-state index in [2.05, 4.69) is 20.8 Å². The molecular weight excluding hydrogens is 491 g/mol. The molecule has 0 bridgehead atoms. The molecular formula is C25H24BrFN2O4. The molecule has 4 rings (SSSR count). The number of carbonyl (C=O) groups is 2. The van der Waals surface area contributed by atoms with E-state index in [1.807, 2.05) is 19.9 Å². The van der Waals surface area contributed by atoms with Crippen LogP contribution in [0.25, 0.3) is 11.0 Å². The molecule has 0 fully saturated rings. The van der Waals surface area contributed by atoms with Crippen LogP contribution in [0.1, 0.15) is 36.0 Å². The van der Waals surface area contributed by atoms with Crippen molar-refractivity contribution in [2.45, 2.75) is 19.9 Å². The molecule has 1 aliphatic rings. The van der Waals surface area contributed by atoms with Gasteiger partial charge in [0, 0.05) is 22.9 Å². The molecule has 0 saturated carbocycles. The average molecular weight is 515 g/mol. The molecule has 0 saturated heterocycles. The lowest BCUT2D eigenvalue weighted by molar-refractivity contribution is -0.129. The van der Waals surface area contributed by atoms with Crippen LogP contribution in [0.5, 0.6) is 0 Å². The SMILES string of the molecule is CCN(CC)CCN1C(=O)C(O)=C(C(=O)c2cc3cc(Br)ccc3o2)C1c1ccc(F)cc1. The number of hydrogen-bond acceptors (Lipinski definition) is 5. The maximum Gasteiger partial charge on any atom is 0.290 e. The third-order valence-corrected chi connectivity index (χ3v) is 6.48. The summed E-state index contributed by atoms with van der Waals surface area (Å²) in [4.78, 5) is 30.2. The lowest BCUT2D eigenvalue weighted by Gasteiger charge is -2.29. The largest absolute Gasteiger partial charge is 0.503 e. The van der Waals surface area contributed by atoms with Crippen LogP contribution in [-0.4, -0.2) is 52.8 Å². The minimum atomic E-state index is -0.846. The van der Waals surface area contributed by atoms with Crippen molar-refractivity contribution in [3.63, 3.8) is 0 Å². The highest BCUT2D eigenvalue weighted by molar-refractivity contribution is 9.10. The van der Waals surface area contributed by atoms with Crippen molar-refractivity contribution in [2.24, 2.45) is 0 Å². The summed E-state index contributed by atoms with van der Waals surface area (Å²) in [5.41, 5.74) is 0.988. The van der Waals surface area contributed by atoms with Crippen molar-refractivity contribution in [3.8, 4) is 0 Å². The van der Waals surface area contributed by atoms with E-state index < -0.39 is 29.3 Å². The predicted molar refractivity (Wildman–Crippen MR) is 127 cm³/mol. The highest BCUT2D eigenvalue weighted by Gasteiger charge is 2.44. The van der Waals surface area contributed by atoms with Gasteiger partial charge in [-0.25, -0.2) is 4.39 Å². The third-order valence-electron chi connectivity index (χ3n) is 5.99. The summed E-state index contributed by atoms with van der Waals surface area (Å²) in [7, 11) is 0. The Balaban J connectivity index is 1.75. The zero-order chi connectivity index (χ0) is 23.7. The van der Waals surface area contributed by atoms with E-state index in [9.17, 15) is 19.1 Å². The van der Waals surface area contributed by atoms with Crippen molar-refractivity contribution in [1.29, 1.82) is 0 Å². The van der Waals surface area contributed by atoms with Crippen LogP contribution in [0.2, 0.25) is 0 Å². The summed E-state index contributed by atoms with van der Waals surface area (Å²) >= 11 is 3.40. The molecule has 0 radical (unpaired) electrons. The Bertz CT molecular complexity index is 1230. The van der Waals surface area contributed by atoms with Crippen molar-refractivity contribution >= 4 is 38.6 Å². The summed E-state index contributed by atoms with van der Waals surface area (Å²) in [5.74, 6) is -2.21. The number of aliphatic hydroxyl groups excluding tert-OH is 1. The Morgan fingerprint density at radius 2 is 1.85 bits per heavy atom. The van der Waals surface area contributed by atoms with Gasteiger partial charge in [-0.2, -0.15) is 0 Å². The van der Waals surface area contributed by atoms with E-state index in [1.165, 1.54) is 29.2 Å². The van der Waals surface area contributed by atoms with Crippen molar-refractivity contribution < 1.29 is 23.5 Å². The number of halogens is 2. The number of rotatable bonds is 8. The molecule has 0 aliphatic carbocycles. The normalized spacial score (nSPS) is 16.5. The van der Waals surface area contributed by atoms with Gasteiger partial charge in [0.1, 0.15) is 11.4 Å². The molecule has 1 aromatic heterocycles. The molecule has 6 nitrogen and oxygen atoms in total. The van der Waals surface area contributed by atoms with Crippen LogP contribution in [-0.2, 0) is 4.79 Å². The summed E-state index contributed by atoms with van der Waals surface area (Å²) < 4.78 is 20.2. The van der Waals surface area contributed by atoms with Gasteiger partial charge in [-0.1, -0.05) is 41.9 Å². The Hall–Kier alpha value is -2.97. The topological polar surface area (TPSA) is 74.0 Å². The number of nitrogens with zero attached hydrogens (tertiary/aromatic N) is 2. The average Bonchev–Trinajstić information content (AvgIpc) is 3.33. The summed E-state index contributed by atoms with van der Waals surface area (Å²) in [6.07, 6.45) is 0. The number of Topliss-reactive ketones (excluding diaryl/α,β-unsaturated/α-hetero) is 1. The van der Waals surface area contributed by atoms with E-state index in [1.54, 1.807) is 18.2 Å². The number of amides is 1. The fraction of sp³-hybridized carbons (Fsp3) is 0.280. The maximum absolute atomic E-state index is 13.6. The lowest BCUT2D eigenvalue weighted by atomic mass is 9.95. The molecule has 8 heteroatoms.